The van der Waals surface area contributed by atoms with Gasteiger partial charge in [-0.2, -0.15) is 0 Å². The molecule has 1 fully saturated rings. The first-order chi connectivity index (χ1) is 12.5. The predicted molar refractivity (Wildman–Crippen MR) is 110 cm³/mol. The number of nitrogens with zero attached hydrogens (tertiary/aromatic N) is 2. The Morgan fingerprint density at radius 1 is 1.00 bits per heavy atom. The second kappa shape index (κ2) is 8.38. The van der Waals surface area contributed by atoms with E-state index >= 15 is 0 Å². The monoisotopic (exact) mass is 411 g/mol. The Morgan fingerprint density at radius 2 is 1.73 bits per heavy atom. The molecule has 0 aromatic heterocycles. The van der Waals surface area contributed by atoms with Gasteiger partial charge in [0.1, 0.15) is 0 Å². The summed E-state index contributed by atoms with van der Waals surface area (Å²) in [5.74, 6) is 0. The van der Waals surface area contributed by atoms with Crippen molar-refractivity contribution in [2.45, 2.75) is 13.0 Å². The lowest BCUT2D eigenvalue weighted by atomic mass is 10.1. The number of anilines is 2. The zero-order chi connectivity index (χ0) is 18.7. The maximum atomic E-state index is 10.9. The zero-order valence-corrected chi connectivity index (χ0v) is 16.7. The summed E-state index contributed by atoms with van der Waals surface area (Å²) >= 11 is 18.7. The van der Waals surface area contributed by atoms with Gasteiger partial charge in [0.15, 0.2) is 0 Å². The topological polar surface area (TPSA) is 35.6 Å². The quantitative estimate of drug-likeness (QED) is 0.694. The number of nitrogens with one attached hydrogen (secondary N) is 1. The van der Waals surface area contributed by atoms with Crippen LogP contribution in [0.3, 0.4) is 0 Å². The number of rotatable bonds is 5. The van der Waals surface area contributed by atoms with Gasteiger partial charge in [0.05, 0.1) is 16.8 Å². The highest BCUT2D eigenvalue weighted by atomic mass is 35.5. The Kier molecular flexibility index (Phi) is 6.17. The maximum absolute atomic E-state index is 10.9. The van der Waals surface area contributed by atoms with E-state index in [9.17, 15) is 4.79 Å². The van der Waals surface area contributed by atoms with Gasteiger partial charge < -0.3 is 15.1 Å². The van der Waals surface area contributed by atoms with E-state index in [1.54, 1.807) is 11.0 Å². The maximum Gasteiger partial charge on any atom is 0.209 e. The summed E-state index contributed by atoms with van der Waals surface area (Å²) in [5.41, 5.74) is 2.88. The lowest BCUT2D eigenvalue weighted by Gasteiger charge is -2.34. The van der Waals surface area contributed by atoms with Crippen LogP contribution in [0.25, 0.3) is 0 Å². The summed E-state index contributed by atoms with van der Waals surface area (Å²) in [7, 11) is 0. The Labute approximate surface area is 168 Å². The van der Waals surface area contributed by atoms with Crippen molar-refractivity contribution in [3.8, 4) is 0 Å². The number of carbonyl (C=O) groups excluding carboxylic acids is 1. The van der Waals surface area contributed by atoms with Crippen LogP contribution in [0.1, 0.15) is 18.5 Å². The van der Waals surface area contributed by atoms with Gasteiger partial charge in [-0.15, -0.1) is 0 Å². The third-order valence-electron chi connectivity index (χ3n) is 4.58. The Morgan fingerprint density at radius 3 is 2.38 bits per heavy atom. The molecule has 2 aromatic carbocycles. The van der Waals surface area contributed by atoms with Crippen LogP contribution in [0.5, 0.6) is 0 Å². The van der Waals surface area contributed by atoms with Crippen LogP contribution in [0.2, 0.25) is 15.1 Å². The minimum Gasteiger partial charge on any atom is -0.377 e. The first-order valence-corrected chi connectivity index (χ1v) is 9.56. The van der Waals surface area contributed by atoms with Crippen molar-refractivity contribution in [3.05, 3.63) is 57.0 Å². The Hall–Kier alpha value is -1.62. The van der Waals surface area contributed by atoms with Gasteiger partial charge in [-0.3, -0.25) is 4.79 Å². The van der Waals surface area contributed by atoms with E-state index in [4.69, 9.17) is 34.8 Å². The minimum absolute atomic E-state index is 0.0283. The molecule has 0 spiro atoms. The van der Waals surface area contributed by atoms with Gasteiger partial charge in [-0.1, -0.05) is 40.9 Å². The fraction of sp³-hybridized carbons (Fsp3) is 0.316. The van der Waals surface area contributed by atoms with Crippen molar-refractivity contribution in [2.24, 2.45) is 0 Å². The molecule has 0 bridgehead atoms. The molecule has 1 saturated heterocycles. The number of amides is 1. The highest BCUT2D eigenvalue weighted by Crippen LogP contribution is 2.33. The third kappa shape index (κ3) is 4.37. The summed E-state index contributed by atoms with van der Waals surface area (Å²) in [5, 5.41) is 5.32. The number of piperazine rings is 1. The second-order valence-corrected chi connectivity index (χ2v) is 7.58. The molecule has 1 heterocycles. The normalized spacial score (nSPS) is 15.7. The van der Waals surface area contributed by atoms with Gasteiger partial charge >= 0.3 is 0 Å². The summed E-state index contributed by atoms with van der Waals surface area (Å²) < 4.78 is 0. The molecule has 26 heavy (non-hydrogen) atoms. The van der Waals surface area contributed by atoms with Crippen LogP contribution in [0, 0.1) is 0 Å². The third-order valence-corrected chi connectivity index (χ3v) is 5.47. The van der Waals surface area contributed by atoms with Crippen molar-refractivity contribution in [3.63, 3.8) is 0 Å². The van der Waals surface area contributed by atoms with Crippen LogP contribution in [0.4, 0.5) is 11.4 Å². The molecule has 3 rings (SSSR count). The molecule has 1 atom stereocenters. The standard InChI is InChI=1S/C19H20Cl3N3O/c1-13(16-4-2-14(20)10-18(16)22)23-19-11-15(3-5-17(19)21)25-8-6-24(12-26)7-9-25/h2-5,10-13,23H,6-9H2,1H3. The SMILES string of the molecule is CC(Nc1cc(N2CCN(C=O)CC2)ccc1Cl)c1ccc(Cl)cc1Cl. The average molecular weight is 413 g/mol. The fourth-order valence-corrected chi connectivity index (χ4v) is 3.81. The van der Waals surface area contributed by atoms with Gasteiger partial charge in [-0.25, -0.2) is 0 Å². The van der Waals surface area contributed by atoms with E-state index in [1.807, 2.05) is 37.3 Å². The number of halogens is 3. The number of carbonyl (C=O) groups is 1. The minimum atomic E-state index is -0.0283. The number of hydrogen-bond donors (Lipinski definition) is 1. The van der Waals surface area contributed by atoms with Crippen molar-refractivity contribution in [2.75, 3.05) is 36.4 Å². The van der Waals surface area contributed by atoms with E-state index in [2.05, 4.69) is 10.2 Å². The fourth-order valence-electron chi connectivity index (χ4n) is 3.07. The van der Waals surface area contributed by atoms with E-state index in [0.29, 0.717) is 15.1 Å². The molecule has 2 aromatic rings. The van der Waals surface area contributed by atoms with Gasteiger partial charge in [0.2, 0.25) is 6.41 Å². The molecule has 4 nitrogen and oxygen atoms in total. The molecule has 1 N–H and O–H groups in total. The molecular weight excluding hydrogens is 393 g/mol. The Bertz CT molecular complexity index is 792. The number of benzene rings is 2. The van der Waals surface area contributed by atoms with Crippen LogP contribution in [-0.4, -0.2) is 37.5 Å². The highest BCUT2D eigenvalue weighted by Gasteiger charge is 2.18. The molecule has 0 saturated carbocycles. The molecule has 1 amide bonds. The molecular formula is C19H20Cl3N3O. The molecule has 0 aliphatic carbocycles. The van der Waals surface area contributed by atoms with Crippen molar-refractivity contribution < 1.29 is 4.79 Å². The van der Waals surface area contributed by atoms with E-state index < -0.39 is 0 Å². The van der Waals surface area contributed by atoms with Crippen LogP contribution in [-0.2, 0) is 4.79 Å². The molecule has 0 radical (unpaired) electrons. The highest BCUT2D eigenvalue weighted by molar-refractivity contribution is 6.35. The van der Waals surface area contributed by atoms with Gasteiger partial charge in [-0.05, 0) is 42.8 Å². The van der Waals surface area contributed by atoms with Gasteiger partial charge in [0.25, 0.3) is 0 Å². The lowest BCUT2D eigenvalue weighted by Crippen LogP contribution is -2.45. The lowest BCUT2D eigenvalue weighted by molar-refractivity contribution is -0.118. The van der Waals surface area contributed by atoms with Crippen molar-refractivity contribution in [1.29, 1.82) is 0 Å². The van der Waals surface area contributed by atoms with Gasteiger partial charge in [0, 0.05) is 41.9 Å². The van der Waals surface area contributed by atoms with E-state index in [-0.39, 0.29) is 6.04 Å². The summed E-state index contributed by atoms with van der Waals surface area (Å²) in [6, 6.07) is 11.4. The largest absolute Gasteiger partial charge is 0.377 e. The summed E-state index contributed by atoms with van der Waals surface area (Å²) in [6.07, 6.45) is 0.906. The summed E-state index contributed by atoms with van der Waals surface area (Å²) in [4.78, 5) is 14.9. The Balaban J connectivity index is 1.76. The average Bonchev–Trinajstić information content (AvgIpc) is 2.63. The summed E-state index contributed by atoms with van der Waals surface area (Å²) in [6.45, 7) is 5.09. The van der Waals surface area contributed by atoms with Crippen LogP contribution >= 0.6 is 34.8 Å². The van der Waals surface area contributed by atoms with E-state index in [1.165, 1.54) is 0 Å². The first kappa shape index (κ1) is 19.2. The van der Waals surface area contributed by atoms with Crippen molar-refractivity contribution >= 4 is 52.6 Å². The van der Waals surface area contributed by atoms with Crippen LogP contribution < -0.4 is 10.2 Å². The molecule has 1 aliphatic heterocycles. The van der Waals surface area contributed by atoms with Crippen LogP contribution in [0.15, 0.2) is 36.4 Å². The van der Waals surface area contributed by atoms with E-state index in [0.717, 1.165) is 49.5 Å². The first-order valence-electron chi connectivity index (χ1n) is 8.43. The second-order valence-electron chi connectivity index (χ2n) is 6.32. The zero-order valence-electron chi connectivity index (χ0n) is 14.4. The molecule has 1 aliphatic rings. The molecule has 138 valence electrons. The smallest absolute Gasteiger partial charge is 0.209 e. The van der Waals surface area contributed by atoms with Crippen molar-refractivity contribution in [1.82, 2.24) is 4.90 Å². The molecule has 1 unspecified atom stereocenters. The molecule has 7 heteroatoms. The predicted octanol–water partition coefficient (Wildman–Crippen LogP) is 5.10. The number of hydrogen-bond acceptors (Lipinski definition) is 3.